The van der Waals surface area contributed by atoms with E-state index in [2.05, 4.69) is 21.2 Å². The van der Waals surface area contributed by atoms with Crippen LogP contribution in [0.3, 0.4) is 0 Å². The fourth-order valence-corrected chi connectivity index (χ4v) is 0.857. The molecule has 0 aliphatic heterocycles. The van der Waals surface area contributed by atoms with Gasteiger partial charge in [-0.25, -0.2) is 0 Å². The fourth-order valence-electron chi connectivity index (χ4n) is 0.559. The van der Waals surface area contributed by atoms with E-state index in [1.165, 1.54) is 6.92 Å². The molecule has 3 heteroatoms. The Labute approximate surface area is 79.4 Å². The van der Waals surface area contributed by atoms with E-state index in [0.29, 0.717) is 0 Å². The van der Waals surface area contributed by atoms with Gasteiger partial charge in [0, 0.05) is 11.4 Å². The average Bonchev–Trinajstić information content (AvgIpc) is 2.18. The molecule has 1 rings (SSSR count). The Kier molecular flexibility index (Phi) is 1.37. The van der Waals surface area contributed by atoms with Crippen molar-refractivity contribution < 1.29 is 10.3 Å². The van der Waals surface area contributed by atoms with Crippen molar-refractivity contribution in [3.63, 3.8) is 0 Å². The molecule has 0 unspecified atom stereocenters. The molecule has 0 bridgehead atoms. The van der Waals surface area contributed by atoms with Crippen LogP contribution in [0, 0.1) is 0 Å². The number of nitrogens with one attached hydrogen (secondary N) is 1. The Morgan fingerprint density at radius 1 is 1.64 bits per heavy atom. The van der Waals surface area contributed by atoms with Gasteiger partial charge in [0.1, 0.15) is 0 Å². The summed E-state index contributed by atoms with van der Waals surface area (Å²) >= 11 is 3.02. The minimum absolute atomic E-state index is 0.0634. The number of carbonyl (C=O) groups excluding carboxylic acids is 1. The normalized spacial score (nSPS) is 14.4. The molecule has 0 atom stereocenters. The van der Waals surface area contributed by atoms with Gasteiger partial charge in [0.25, 0.3) is 0 Å². The molecule has 0 aromatic heterocycles. The van der Waals surface area contributed by atoms with Crippen LogP contribution in [0.5, 0.6) is 0 Å². The Morgan fingerprint density at radius 2 is 2.27 bits per heavy atom. The largest absolute Gasteiger partial charge is 0.325 e. The van der Waals surface area contributed by atoms with Crippen LogP contribution in [0.2, 0.25) is 0 Å². The molecule has 0 saturated carbocycles. The molecule has 0 radical (unpaired) electrons. The number of hydrogen-bond donors (Lipinski definition) is 1. The second-order valence-corrected chi connectivity index (χ2v) is 2.66. The lowest BCUT2D eigenvalue weighted by Gasteiger charge is -2.02. The third-order valence-corrected chi connectivity index (χ3v) is 1.54. The predicted molar refractivity (Wildman–Crippen MR) is 48.4 cm³/mol. The Bertz CT molecular complexity index is 406. The van der Waals surface area contributed by atoms with Gasteiger partial charge < -0.3 is 5.32 Å². The number of hydrogen-bond acceptors (Lipinski definition) is 1. The van der Waals surface area contributed by atoms with Crippen LogP contribution in [0.4, 0.5) is 5.69 Å². The number of carbonyl (C=O) groups is 1. The Balaban J connectivity index is 3.45. The van der Waals surface area contributed by atoms with E-state index < -0.39 is 0 Å². The summed E-state index contributed by atoms with van der Waals surface area (Å²) in [5.74, 6) is -0.388. The summed E-state index contributed by atoms with van der Waals surface area (Å²) < 4.78 is 29.9. The van der Waals surface area contributed by atoms with Crippen molar-refractivity contribution >= 4 is 27.5 Å². The lowest BCUT2D eigenvalue weighted by molar-refractivity contribution is -0.114. The van der Waals surface area contributed by atoms with Crippen LogP contribution in [0.25, 0.3) is 0 Å². The zero-order chi connectivity index (χ0) is 11.7. The first-order valence-electron chi connectivity index (χ1n) is 4.89. The molecule has 1 aromatic carbocycles. The zero-order valence-corrected chi connectivity index (χ0v) is 7.37. The third kappa shape index (κ3) is 2.35. The van der Waals surface area contributed by atoms with Crippen molar-refractivity contribution in [3.05, 3.63) is 28.6 Å². The Morgan fingerprint density at radius 3 is 2.91 bits per heavy atom. The highest BCUT2D eigenvalue weighted by Crippen LogP contribution is 2.20. The van der Waals surface area contributed by atoms with E-state index in [9.17, 15) is 4.79 Å². The van der Waals surface area contributed by atoms with Gasteiger partial charge in [-0.05, 0) is 28.0 Å². The summed E-state index contributed by atoms with van der Waals surface area (Å²) in [6, 6.07) is -1.18. The maximum absolute atomic E-state index is 10.8. The van der Waals surface area contributed by atoms with Crippen LogP contribution in [-0.2, 0) is 4.79 Å². The van der Waals surface area contributed by atoms with Gasteiger partial charge in [0.15, 0.2) is 0 Å². The maximum Gasteiger partial charge on any atom is 0.221 e. The SMILES string of the molecule is [2H]c1c([2H])c([2H])c(NC(C)=O)c(Br)c1[2H]. The number of benzene rings is 1. The molecule has 0 saturated heterocycles. The summed E-state index contributed by atoms with van der Waals surface area (Å²) in [6.07, 6.45) is 0. The number of para-hydroxylation sites is 1. The van der Waals surface area contributed by atoms with E-state index in [4.69, 9.17) is 5.48 Å². The minimum atomic E-state index is -0.388. The quantitative estimate of drug-likeness (QED) is 0.770. The summed E-state index contributed by atoms with van der Waals surface area (Å²) in [7, 11) is 0. The van der Waals surface area contributed by atoms with Crippen LogP contribution in [0.15, 0.2) is 28.6 Å². The van der Waals surface area contributed by atoms with Crippen LogP contribution >= 0.6 is 15.9 Å². The average molecular weight is 218 g/mol. The lowest BCUT2D eigenvalue weighted by atomic mass is 10.3. The van der Waals surface area contributed by atoms with Gasteiger partial charge in [0.05, 0.1) is 11.2 Å². The summed E-state index contributed by atoms with van der Waals surface area (Å²) in [5.41, 5.74) is 0.0634. The molecule has 1 N–H and O–H groups in total. The van der Waals surface area contributed by atoms with Crippen molar-refractivity contribution in [2.24, 2.45) is 0 Å². The topological polar surface area (TPSA) is 29.1 Å². The van der Waals surface area contributed by atoms with E-state index in [0.717, 1.165) is 0 Å². The molecule has 0 heterocycles. The van der Waals surface area contributed by atoms with Crippen LogP contribution in [0.1, 0.15) is 12.4 Å². The molecular formula is C8H8BrNO. The van der Waals surface area contributed by atoms with Crippen molar-refractivity contribution in [1.29, 1.82) is 0 Å². The van der Waals surface area contributed by atoms with E-state index >= 15 is 0 Å². The summed E-state index contributed by atoms with van der Waals surface area (Å²) in [6.45, 7) is 1.27. The number of rotatable bonds is 1. The van der Waals surface area contributed by atoms with E-state index in [1.807, 2.05) is 0 Å². The van der Waals surface area contributed by atoms with Crippen molar-refractivity contribution in [2.75, 3.05) is 5.32 Å². The standard InChI is InChI=1S/C8H8BrNO/c1-6(11)10-8-5-3-2-4-7(8)9/h2-5H,1H3,(H,10,11)/i2D,3D,4D,5D. The second kappa shape index (κ2) is 3.53. The fraction of sp³-hybridized carbons (Fsp3) is 0.125. The maximum atomic E-state index is 10.8. The molecule has 1 aromatic rings. The van der Waals surface area contributed by atoms with E-state index in [-0.39, 0.29) is 40.2 Å². The molecule has 1 amide bonds. The van der Waals surface area contributed by atoms with Crippen molar-refractivity contribution in [1.82, 2.24) is 0 Å². The number of anilines is 1. The molecular weight excluding hydrogens is 206 g/mol. The molecule has 11 heavy (non-hydrogen) atoms. The summed E-state index contributed by atoms with van der Waals surface area (Å²) in [5, 5.41) is 2.35. The highest BCUT2D eigenvalue weighted by atomic mass is 79.9. The second-order valence-electron chi connectivity index (χ2n) is 1.87. The lowest BCUT2D eigenvalue weighted by Crippen LogP contribution is -2.05. The number of halogens is 1. The molecule has 0 fully saturated rings. The molecule has 0 aliphatic rings. The highest BCUT2D eigenvalue weighted by Gasteiger charge is 1.97. The first-order chi connectivity index (χ1) is 6.86. The van der Waals surface area contributed by atoms with Crippen LogP contribution in [-0.4, -0.2) is 5.91 Å². The number of amides is 1. The third-order valence-electron chi connectivity index (χ3n) is 0.943. The Hall–Kier alpha value is -0.830. The summed E-state index contributed by atoms with van der Waals surface area (Å²) in [4.78, 5) is 10.8. The first kappa shape index (κ1) is 4.26. The van der Waals surface area contributed by atoms with Gasteiger partial charge in [0.2, 0.25) is 5.91 Å². The molecule has 58 valence electrons. The van der Waals surface area contributed by atoms with E-state index in [1.54, 1.807) is 0 Å². The highest BCUT2D eigenvalue weighted by molar-refractivity contribution is 9.10. The van der Waals surface area contributed by atoms with Gasteiger partial charge >= 0.3 is 0 Å². The monoisotopic (exact) mass is 217 g/mol. The van der Waals surface area contributed by atoms with Gasteiger partial charge in [-0.1, -0.05) is 12.1 Å². The molecule has 2 nitrogen and oxygen atoms in total. The zero-order valence-electron chi connectivity index (χ0n) is 9.79. The van der Waals surface area contributed by atoms with Crippen LogP contribution < -0.4 is 5.32 Å². The predicted octanol–water partition coefficient (Wildman–Crippen LogP) is 2.41. The molecule has 0 aliphatic carbocycles. The molecule has 0 spiro atoms. The smallest absolute Gasteiger partial charge is 0.221 e. The van der Waals surface area contributed by atoms with Crippen molar-refractivity contribution in [2.45, 2.75) is 6.92 Å². The minimum Gasteiger partial charge on any atom is -0.325 e. The van der Waals surface area contributed by atoms with Gasteiger partial charge in [-0.15, -0.1) is 0 Å². The van der Waals surface area contributed by atoms with Gasteiger partial charge in [-0.2, -0.15) is 0 Å². The van der Waals surface area contributed by atoms with Crippen molar-refractivity contribution in [3.8, 4) is 0 Å². The first-order valence-corrected chi connectivity index (χ1v) is 3.69. The van der Waals surface area contributed by atoms with Gasteiger partial charge in [-0.3, -0.25) is 4.79 Å².